The predicted octanol–water partition coefficient (Wildman–Crippen LogP) is 0.723. The lowest BCUT2D eigenvalue weighted by Gasteiger charge is -1.84. The van der Waals surface area contributed by atoms with Crippen molar-refractivity contribution >= 4 is 24.8 Å². The fourth-order valence-electron chi connectivity index (χ4n) is 0.562. The Morgan fingerprint density at radius 1 is 1.36 bits per heavy atom. The molecule has 0 spiro atoms. The third-order valence-electron chi connectivity index (χ3n) is 0.926. The van der Waals surface area contributed by atoms with Crippen LogP contribution >= 0.6 is 24.8 Å². The zero-order valence-electron chi connectivity index (χ0n) is 6.11. The Balaban J connectivity index is 0. The molecule has 0 radical (unpaired) electrons. The van der Waals surface area contributed by atoms with Gasteiger partial charge >= 0.3 is 0 Å². The summed E-state index contributed by atoms with van der Waals surface area (Å²) in [6.45, 7) is 2.31. The number of hydrogen-bond donors (Lipinski definition) is 1. The van der Waals surface area contributed by atoms with Gasteiger partial charge in [0.05, 0.1) is 0 Å². The smallest absolute Gasteiger partial charge is 0.217 e. The standard InChI is InChI=1S/C5H9N3O.2ClH/c1-4-7-8-5(9-4)2-3-6;;/h2-3,6H2,1H3;2*1H. The van der Waals surface area contributed by atoms with Crippen molar-refractivity contribution in [1.82, 2.24) is 10.2 Å². The molecule has 0 saturated heterocycles. The highest BCUT2D eigenvalue weighted by atomic mass is 35.5. The van der Waals surface area contributed by atoms with E-state index in [1.165, 1.54) is 0 Å². The zero-order valence-corrected chi connectivity index (χ0v) is 7.74. The third kappa shape index (κ3) is 4.19. The van der Waals surface area contributed by atoms with E-state index < -0.39 is 0 Å². The minimum atomic E-state index is 0. The lowest BCUT2D eigenvalue weighted by Crippen LogP contribution is -2.02. The molecule has 4 nitrogen and oxygen atoms in total. The molecule has 11 heavy (non-hydrogen) atoms. The van der Waals surface area contributed by atoms with Gasteiger partial charge in [-0.3, -0.25) is 0 Å². The Kier molecular flexibility index (Phi) is 7.72. The molecule has 1 heterocycles. The van der Waals surface area contributed by atoms with Crippen LogP contribution in [-0.4, -0.2) is 16.7 Å². The Hall–Kier alpha value is -0.320. The number of hydrogen-bond acceptors (Lipinski definition) is 4. The van der Waals surface area contributed by atoms with Gasteiger partial charge in [-0.25, -0.2) is 0 Å². The van der Waals surface area contributed by atoms with E-state index in [9.17, 15) is 0 Å². The van der Waals surface area contributed by atoms with Crippen molar-refractivity contribution in [2.24, 2.45) is 5.73 Å². The van der Waals surface area contributed by atoms with Gasteiger partial charge in [0, 0.05) is 19.9 Å². The molecule has 0 aliphatic heterocycles. The molecule has 2 N–H and O–H groups in total. The van der Waals surface area contributed by atoms with Crippen LogP contribution in [0.1, 0.15) is 11.8 Å². The maximum atomic E-state index is 5.24. The average Bonchev–Trinajstić information content (AvgIpc) is 2.17. The SMILES string of the molecule is Cc1nnc(CCN)o1.Cl.Cl. The van der Waals surface area contributed by atoms with Crippen LogP contribution in [0, 0.1) is 6.92 Å². The van der Waals surface area contributed by atoms with Crippen molar-refractivity contribution in [2.75, 3.05) is 6.54 Å². The predicted molar refractivity (Wildman–Crippen MR) is 46.3 cm³/mol. The number of halogens is 2. The van der Waals surface area contributed by atoms with E-state index in [1.807, 2.05) is 0 Å². The van der Waals surface area contributed by atoms with E-state index in [1.54, 1.807) is 6.92 Å². The fourth-order valence-corrected chi connectivity index (χ4v) is 0.562. The van der Waals surface area contributed by atoms with Crippen molar-refractivity contribution in [3.63, 3.8) is 0 Å². The number of rotatable bonds is 2. The summed E-state index contributed by atoms with van der Waals surface area (Å²) < 4.78 is 5.02. The molecular weight excluding hydrogens is 189 g/mol. The van der Waals surface area contributed by atoms with Gasteiger partial charge in [-0.1, -0.05) is 0 Å². The van der Waals surface area contributed by atoms with Crippen LogP contribution in [0.3, 0.4) is 0 Å². The van der Waals surface area contributed by atoms with Gasteiger partial charge in [0.25, 0.3) is 0 Å². The minimum Gasteiger partial charge on any atom is -0.426 e. The lowest BCUT2D eigenvalue weighted by molar-refractivity contribution is 0.469. The van der Waals surface area contributed by atoms with Gasteiger partial charge in [0.2, 0.25) is 11.8 Å². The van der Waals surface area contributed by atoms with Crippen LogP contribution in [0.2, 0.25) is 0 Å². The van der Waals surface area contributed by atoms with Gasteiger partial charge in [-0.15, -0.1) is 35.0 Å². The minimum absolute atomic E-state index is 0. The highest BCUT2D eigenvalue weighted by Crippen LogP contribution is 1.96. The Labute approximate surface area is 77.4 Å². The first-order chi connectivity index (χ1) is 4.33. The van der Waals surface area contributed by atoms with Crippen LogP contribution in [0.15, 0.2) is 4.42 Å². The molecule has 0 aromatic carbocycles. The van der Waals surface area contributed by atoms with E-state index in [4.69, 9.17) is 10.2 Å². The first kappa shape index (κ1) is 13.3. The molecule has 0 saturated carbocycles. The summed E-state index contributed by atoms with van der Waals surface area (Å²) in [5, 5.41) is 7.37. The van der Waals surface area contributed by atoms with Crippen molar-refractivity contribution in [3.05, 3.63) is 11.8 Å². The molecule has 1 rings (SSSR count). The van der Waals surface area contributed by atoms with Crippen LogP contribution in [0.25, 0.3) is 0 Å². The van der Waals surface area contributed by atoms with Gasteiger partial charge in [-0.05, 0) is 0 Å². The lowest BCUT2D eigenvalue weighted by atomic mass is 10.4. The summed E-state index contributed by atoms with van der Waals surface area (Å²) in [7, 11) is 0. The van der Waals surface area contributed by atoms with Gasteiger partial charge in [0.15, 0.2) is 0 Å². The summed E-state index contributed by atoms with van der Waals surface area (Å²) in [6.07, 6.45) is 0.668. The average molecular weight is 200 g/mol. The fraction of sp³-hybridized carbons (Fsp3) is 0.600. The Bertz CT molecular complexity index is 192. The first-order valence-electron chi connectivity index (χ1n) is 2.82. The molecule has 0 aliphatic carbocycles. The molecule has 1 aromatic heterocycles. The van der Waals surface area contributed by atoms with Crippen molar-refractivity contribution < 1.29 is 4.42 Å². The second kappa shape index (κ2) is 6.39. The summed E-state index contributed by atoms with van der Waals surface area (Å²) in [5.74, 6) is 1.22. The molecule has 0 amide bonds. The normalized spacial score (nSPS) is 8.18. The summed E-state index contributed by atoms with van der Waals surface area (Å²) >= 11 is 0. The van der Waals surface area contributed by atoms with E-state index in [0.29, 0.717) is 24.7 Å². The highest BCUT2D eigenvalue weighted by molar-refractivity contribution is 5.85. The van der Waals surface area contributed by atoms with Crippen LogP contribution < -0.4 is 5.73 Å². The van der Waals surface area contributed by atoms with E-state index in [-0.39, 0.29) is 24.8 Å². The molecule has 0 fully saturated rings. The van der Waals surface area contributed by atoms with Crippen molar-refractivity contribution in [2.45, 2.75) is 13.3 Å². The summed E-state index contributed by atoms with van der Waals surface area (Å²) in [6, 6.07) is 0. The van der Waals surface area contributed by atoms with E-state index >= 15 is 0 Å². The molecule has 0 unspecified atom stereocenters. The number of nitrogens with two attached hydrogens (primary N) is 1. The van der Waals surface area contributed by atoms with Crippen LogP contribution in [0.5, 0.6) is 0 Å². The molecule has 1 aromatic rings. The van der Waals surface area contributed by atoms with Crippen molar-refractivity contribution in [3.8, 4) is 0 Å². The van der Waals surface area contributed by atoms with Crippen LogP contribution in [0.4, 0.5) is 0 Å². The molecule has 6 heteroatoms. The molecule has 0 atom stereocenters. The number of aromatic nitrogens is 2. The monoisotopic (exact) mass is 199 g/mol. The summed E-state index contributed by atoms with van der Waals surface area (Å²) in [4.78, 5) is 0. The van der Waals surface area contributed by atoms with E-state index in [2.05, 4.69) is 10.2 Å². The van der Waals surface area contributed by atoms with E-state index in [0.717, 1.165) is 0 Å². The first-order valence-corrected chi connectivity index (χ1v) is 2.82. The third-order valence-corrected chi connectivity index (χ3v) is 0.926. The Morgan fingerprint density at radius 3 is 2.36 bits per heavy atom. The van der Waals surface area contributed by atoms with Gasteiger partial charge in [0.1, 0.15) is 0 Å². The van der Waals surface area contributed by atoms with Gasteiger partial charge in [-0.2, -0.15) is 0 Å². The molecule has 0 aliphatic rings. The Morgan fingerprint density at radius 2 is 2.00 bits per heavy atom. The second-order valence-corrected chi connectivity index (χ2v) is 1.75. The second-order valence-electron chi connectivity index (χ2n) is 1.75. The highest BCUT2D eigenvalue weighted by Gasteiger charge is 1.97. The molecule has 0 bridgehead atoms. The summed E-state index contributed by atoms with van der Waals surface area (Å²) in [5.41, 5.74) is 5.24. The molecular formula is C5H11Cl2N3O. The quantitative estimate of drug-likeness (QED) is 0.763. The van der Waals surface area contributed by atoms with Crippen molar-refractivity contribution in [1.29, 1.82) is 0 Å². The largest absolute Gasteiger partial charge is 0.426 e. The maximum absolute atomic E-state index is 5.24. The van der Waals surface area contributed by atoms with Crippen LogP contribution in [-0.2, 0) is 6.42 Å². The zero-order chi connectivity index (χ0) is 6.69. The van der Waals surface area contributed by atoms with Gasteiger partial charge < -0.3 is 10.2 Å². The number of nitrogens with zero attached hydrogens (tertiary/aromatic N) is 2. The topological polar surface area (TPSA) is 64.9 Å². The number of aryl methyl sites for hydroxylation is 1. The molecule has 66 valence electrons. The maximum Gasteiger partial charge on any atom is 0.217 e.